The number of aromatic nitrogens is 3. The Morgan fingerprint density at radius 1 is 1.21 bits per heavy atom. The Morgan fingerprint density at radius 3 is 2.47 bits per heavy atom. The van der Waals surface area contributed by atoms with E-state index in [0.717, 1.165) is 44.7 Å². The van der Waals surface area contributed by atoms with Crippen LogP contribution in [-0.2, 0) is 15.5 Å². The standard InChI is InChI=1S/C11H17ClN4O2S/c12-19(17,18)11-14-13-10(16(11)9-3-4-9)5-8-15-6-1-2-7-15/h9H,1-8H2. The molecule has 0 radical (unpaired) electrons. The van der Waals surface area contributed by atoms with Crippen molar-refractivity contribution in [1.29, 1.82) is 0 Å². The number of rotatable bonds is 5. The molecule has 0 N–H and O–H groups in total. The van der Waals surface area contributed by atoms with Crippen LogP contribution in [0.25, 0.3) is 0 Å². The lowest BCUT2D eigenvalue weighted by Gasteiger charge is -2.14. The fraction of sp³-hybridized carbons (Fsp3) is 0.818. The summed E-state index contributed by atoms with van der Waals surface area (Å²) >= 11 is 0. The Morgan fingerprint density at radius 2 is 1.89 bits per heavy atom. The molecule has 1 saturated heterocycles. The summed E-state index contributed by atoms with van der Waals surface area (Å²) in [5.74, 6) is 0.744. The van der Waals surface area contributed by atoms with E-state index < -0.39 is 9.05 Å². The van der Waals surface area contributed by atoms with E-state index in [1.807, 2.05) is 0 Å². The van der Waals surface area contributed by atoms with Gasteiger partial charge in [0.2, 0.25) is 0 Å². The van der Waals surface area contributed by atoms with Crippen molar-refractivity contribution in [1.82, 2.24) is 19.7 Å². The lowest BCUT2D eigenvalue weighted by Crippen LogP contribution is -2.23. The number of hydrogen-bond acceptors (Lipinski definition) is 5. The average Bonchev–Trinajstić information content (AvgIpc) is 2.90. The molecule has 0 atom stereocenters. The molecule has 1 aliphatic carbocycles. The van der Waals surface area contributed by atoms with Crippen LogP contribution < -0.4 is 0 Å². The van der Waals surface area contributed by atoms with Crippen LogP contribution in [0.15, 0.2) is 5.16 Å². The molecular weight excluding hydrogens is 288 g/mol. The summed E-state index contributed by atoms with van der Waals surface area (Å²) in [4.78, 5) is 2.38. The maximum Gasteiger partial charge on any atom is 0.296 e. The van der Waals surface area contributed by atoms with Gasteiger partial charge in [-0.1, -0.05) is 0 Å². The van der Waals surface area contributed by atoms with Gasteiger partial charge in [-0.25, -0.2) is 8.42 Å². The minimum atomic E-state index is -3.81. The first kappa shape index (κ1) is 13.3. The van der Waals surface area contributed by atoms with E-state index in [0.29, 0.717) is 0 Å². The molecular formula is C11H17ClN4O2S. The Balaban J connectivity index is 1.79. The van der Waals surface area contributed by atoms with Gasteiger partial charge in [0.15, 0.2) is 0 Å². The van der Waals surface area contributed by atoms with Gasteiger partial charge in [0, 0.05) is 29.7 Å². The summed E-state index contributed by atoms with van der Waals surface area (Å²) in [6.45, 7) is 3.16. The number of likely N-dealkylation sites (tertiary alicyclic amines) is 1. The van der Waals surface area contributed by atoms with Crippen molar-refractivity contribution in [3.05, 3.63) is 5.82 Å². The first-order chi connectivity index (χ1) is 9.05. The number of halogens is 1. The highest BCUT2D eigenvalue weighted by Crippen LogP contribution is 2.38. The van der Waals surface area contributed by atoms with Gasteiger partial charge in [0.25, 0.3) is 14.2 Å². The van der Waals surface area contributed by atoms with Crippen LogP contribution in [0.1, 0.15) is 37.5 Å². The van der Waals surface area contributed by atoms with E-state index in [1.165, 1.54) is 12.8 Å². The molecule has 2 fully saturated rings. The second-order valence-electron chi connectivity index (χ2n) is 5.24. The van der Waals surface area contributed by atoms with Gasteiger partial charge in [-0.3, -0.25) is 4.57 Å². The Labute approximate surface area is 117 Å². The highest BCUT2D eigenvalue weighted by atomic mass is 35.7. The predicted molar refractivity (Wildman–Crippen MR) is 70.7 cm³/mol. The summed E-state index contributed by atoms with van der Waals surface area (Å²) in [6, 6.07) is 0.215. The topological polar surface area (TPSA) is 68.1 Å². The summed E-state index contributed by atoms with van der Waals surface area (Å²) in [6.07, 6.45) is 5.19. The van der Waals surface area contributed by atoms with Crippen LogP contribution >= 0.6 is 10.7 Å². The van der Waals surface area contributed by atoms with Crippen molar-refractivity contribution < 1.29 is 8.42 Å². The van der Waals surface area contributed by atoms with E-state index in [9.17, 15) is 8.42 Å². The third-order valence-electron chi connectivity index (χ3n) is 3.72. The molecule has 2 aliphatic rings. The molecule has 2 heterocycles. The molecule has 0 bridgehead atoms. The Bertz CT molecular complexity index is 561. The van der Waals surface area contributed by atoms with E-state index in [1.54, 1.807) is 4.57 Å². The predicted octanol–water partition coefficient (Wildman–Crippen LogP) is 1.18. The zero-order valence-corrected chi connectivity index (χ0v) is 12.2. The first-order valence-corrected chi connectivity index (χ1v) is 8.97. The van der Waals surface area contributed by atoms with Crippen molar-refractivity contribution in [3.63, 3.8) is 0 Å². The second kappa shape index (κ2) is 5.03. The average molecular weight is 305 g/mol. The van der Waals surface area contributed by atoms with Gasteiger partial charge in [-0.2, -0.15) is 0 Å². The minimum absolute atomic E-state index is 0.0897. The summed E-state index contributed by atoms with van der Waals surface area (Å²) < 4.78 is 24.7. The van der Waals surface area contributed by atoms with Crippen molar-refractivity contribution in [2.24, 2.45) is 0 Å². The van der Waals surface area contributed by atoms with Gasteiger partial charge in [-0.15, -0.1) is 10.2 Å². The molecule has 1 aromatic rings. The summed E-state index contributed by atoms with van der Waals surface area (Å²) in [5, 5.41) is 7.71. The molecule has 0 amide bonds. The molecule has 1 aromatic heterocycles. The third kappa shape index (κ3) is 2.93. The first-order valence-electron chi connectivity index (χ1n) is 6.66. The van der Waals surface area contributed by atoms with Crippen LogP contribution in [0, 0.1) is 0 Å². The normalized spacial score (nSPS) is 21.1. The zero-order chi connectivity index (χ0) is 13.5. The number of hydrogen-bond donors (Lipinski definition) is 0. The smallest absolute Gasteiger partial charge is 0.296 e. The Hall–Kier alpha value is -0.660. The summed E-state index contributed by atoms with van der Waals surface area (Å²) in [7, 11) is 1.61. The molecule has 0 unspecified atom stereocenters. The van der Waals surface area contributed by atoms with Crippen LogP contribution in [0.3, 0.4) is 0 Å². The zero-order valence-electron chi connectivity index (χ0n) is 10.6. The molecule has 8 heteroatoms. The third-order valence-corrected chi connectivity index (χ3v) is 4.84. The highest BCUT2D eigenvalue weighted by molar-refractivity contribution is 8.13. The van der Waals surface area contributed by atoms with E-state index in [-0.39, 0.29) is 11.2 Å². The van der Waals surface area contributed by atoms with Crippen LogP contribution in [0.4, 0.5) is 0 Å². The Kier molecular flexibility index (Phi) is 3.53. The lowest BCUT2D eigenvalue weighted by atomic mass is 10.3. The molecule has 0 spiro atoms. The maximum atomic E-state index is 11.5. The molecule has 0 aromatic carbocycles. The summed E-state index contributed by atoms with van der Waals surface area (Å²) in [5.41, 5.74) is 0. The van der Waals surface area contributed by atoms with Gasteiger partial charge < -0.3 is 4.90 Å². The molecule has 19 heavy (non-hydrogen) atoms. The molecule has 6 nitrogen and oxygen atoms in total. The fourth-order valence-electron chi connectivity index (χ4n) is 2.61. The van der Waals surface area contributed by atoms with Crippen molar-refractivity contribution in [2.45, 2.75) is 43.3 Å². The highest BCUT2D eigenvalue weighted by Gasteiger charge is 2.33. The fourth-order valence-corrected chi connectivity index (χ4v) is 3.55. The van der Waals surface area contributed by atoms with Crippen molar-refractivity contribution in [2.75, 3.05) is 19.6 Å². The van der Waals surface area contributed by atoms with Crippen LogP contribution in [-0.4, -0.2) is 47.7 Å². The van der Waals surface area contributed by atoms with Gasteiger partial charge in [0.1, 0.15) is 5.82 Å². The lowest BCUT2D eigenvalue weighted by molar-refractivity contribution is 0.338. The second-order valence-corrected chi connectivity index (χ2v) is 7.70. The van der Waals surface area contributed by atoms with Gasteiger partial charge >= 0.3 is 0 Å². The SMILES string of the molecule is O=S(=O)(Cl)c1nnc(CCN2CCCC2)n1C1CC1. The molecule has 1 saturated carbocycles. The maximum absolute atomic E-state index is 11.5. The van der Waals surface area contributed by atoms with Crippen molar-refractivity contribution >= 4 is 19.7 Å². The minimum Gasteiger partial charge on any atom is -0.303 e. The van der Waals surface area contributed by atoms with E-state index in [2.05, 4.69) is 15.1 Å². The van der Waals surface area contributed by atoms with E-state index >= 15 is 0 Å². The molecule has 106 valence electrons. The number of nitrogens with zero attached hydrogens (tertiary/aromatic N) is 4. The van der Waals surface area contributed by atoms with Gasteiger partial charge in [0.05, 0.1) is 0 Å². The van der Waals surface area contributed by atoms with Crippen LogP contribution in [0.5, 0.6) is 0 Å². The largest absolute Gasteiger partial charge is 0.303 e. The van der Waals surface area contributed by atoms with Crippen LogP contribution in [0.2, 0.25) is 0 Å². The quantitative estimate of drug-likeness (QED) is 0.764. The van der Waals surface area contributed by atoms with Gasteiger partial charge in [-0.05, 0) is 38.8 Å². The molecule has 1 aliphatic heterocycles. The van der Waals surface area contributed by atoms with Crippen molar-refractivity contribution in [3.8, 4) is 0 Å². The van der Waals surface area contributed by atoms with E-state index in [4.69, 9.17) is 10.7 Å². The monoisotopic (exact) mass is 304 g/mol. The molecule has 3 rings (SSSR count).